The van der Waals surface area contributed by atoms with Crippen LogP contribution in [0.3, 0.4) is 0 Å². The number of fused-ring (bicyclic) bond motifs is 1. The molecule has 0 aliphatic carbocycles. The van der Waals surface area contributed by atoms with Crippen molar-refractivity contribution in [1.29, 1.82) is 0 Å². The fourth-order valence-corrected chi connectivity index (χ4v) is 3.73. The van der Waals surface area contributed by atoms with Crippen LogP contribution in [-0.2, 0) is 12.7 Å². The molecule has 0 spiro atoms. The van der Waals surface area contributed by atoms with Crippen LogP contribution in [-0.4, -0.2) is 30.3 Å². The van der Waals surface area contributed by atoms with Gasteiger partial charge in [-0.1, -0.05) is 17.7 Å². The van der Waals surface area contributed by atoms with Crippen LogP contribution in [0, 0.1) is 12.7 Å². The van der Waals surface area contributed by atoms with Crippen molar-refractivity contribution in [3.63, 3.8) is 0 Å². The predicted molar refractivity (Wildman–Crippen MR) is 111 cm³/mol. The maximum absolute atomic E-state index is 13.4. The number of alkyl halides is 3. The molecule has 4 rings (SSSR count). The lowest BCUT2D eigenvalue weighted by atomic mass is 10.2. The van der Waals surface area contributed by atoms with Crippen LogP contribution < -0.4 is 5.32 Å². The van der Waals surface area contributed by atoms with E-state index in [0.717, 1.165) is 6.07 Å². The van der Waals surface area contributed by atoms with Crippen LogP contribution in [0.1, 0.15) is 27.4 Å². The highest BCUT2D eigenvalue weighted by Gasteiger charge is 2.36. The molecule has 0 aliphatic heterocycles. The van der Waals surface area contributed by atoms with Gasteiger partial charge in [-0.3, -0.25) is 9.48 Å². The lowest BCUT2D eigenvalue weighted by molar-refractivity contribution is -0.142. The number of halogens is 6. The van der Waals surface area contributed by atoms with Gasteiger partial charge in [-0.15, -0.1) is 0 Å². The largest absolute Gasteiger partial charge is 0.433 e. The number of nitrogens with one attached hydrogen (secondary N) is 1. The van der Waals surface area contributed by atoms with Gasteiger partial charge in [0.25, 0.3) is 5.91 Å². The molecule has 166 valence electrons. The molecule has 0 saturated carbocycles. The fraction of sp³-hybridized carbons (Fsp3) is 0.158. The number of aryl methyl sites for hydroxylation is 1. The SMILES string of the molecule is Cc1cc(C(F)(F)F)n2nc(C(=O)Nc3cnn(Cc4ccc(F)cc4Cl)c3)c(Br)c2n1. The number of hydrogen-bond acceptors (Lipinski definition) is 4. The fourth-order valence-electron chi connectivity index (χ4n) is 2.99. The molecule has 1 N–H and O–H groups in total. The summed E-state index contributed by atoms with van der Waals surface area (Å²) in [5, 5.41) is 10.7. The van der Waals surface area contributed by atoms with Gasteiger partial charge in [-0.25, -0.2) is 13.9 Å². The minimum atomic E-state index is -4.69. The Morgan fingerprint density at radius 1 is 1.28 bits per heavy atom. The van der Waals surface area contributed by atoms with E-state index < -0.39 is 23.6 Å². The second-order valence-corrected chi connectivity index (χ2v) is 8.00. The molecule has 7 nitrogen and oxygen atoms in total. The average molecular weight is 532 g/mol. The van der Waals surface area contributed by atoms with E-state index in [1.165, 1.54) is 42.2 Å². The first-order valence-corrected chi connectivity index (χ1v) is 10.1. The quantitative estimate of drug-likeness (QED) is 0.372. The van der Waals surface area contributed by atoms with Gasteiger partial charge < -0.3 is 5.32 Å². The number of amides is 1. The predicted octanol–water partition coefficient (Wildman–Crippen LogP) is 5.11. The lowest BCUT2D eigenvalue weighted by Gasteiger charge is -2.09. The molecule has 32 heavy (non-hydrogen) atoms. The molecule has 0 bridgehead atoms. The maximum atomic E-state index is 13.4. The molecule has 0 fully saturated rings. The smallest absolute Gasteiger partial charge is 0.318 e. The summed E-state index contributed by atoms with van der Waals surface area (Å²) in [7, 11) is 0. The van der Waals surface area contributed by atoms with Crippen molar-refractivity contribution in [2.75, 3.05) is 5.32 Å². The van der Waals surface area contributed by atoms with Gasteiger partial charge in [-0.05, 0) is 46.6 Å². The molecule has 4 aromatic rings. The second-order valence-electron chi connectivity index (χ2n) is 6.79. The number of rotatable bonds is 4. The van der Waals surface area contributed by atoms with Crippen LogP contribution in [0.5, 0.6) is 0 Å². The summed E-state index contributed by atoms with van der Waals surface area (Å²) in [5.74, 6) is -1.23. The number of anilines is 1. The molecule has 3 heterocycles. The van der Waals surface area contributed by atoms with Crippen molar-refractivity contribution < 1.29 is 22.4 Å². The molecule has 1 amide bonds. The van der Waals surface area contributed by atoms with Crippen molar-refractivity contribution >= 4 is 44.8 Å². The zero-order chi connectivity index (χ0) is 23.2. The molecule has 0 radical (unpaired) electrons. The van der Waals surface area contributed by atoms with Crippen LogP contribution in [0.15, 0.2) is 41.1 Å². The van der Waals surface area contributed by atoms with Gasteiger partial charge in [0.2, 0.25) is 0 Å². The first-order valence-electron chi connectivity index (χ1n) is 8.93. The Morgan fingerprint density at radius 3 is 2.72 bits per heavy atom. The van der Waals surface area contributed by atoms with Crippen molar-refractivity contribution in [3.8, 4) is 0 Å². The van der Waals surface area contributed by atoms with Gasteiger partial charge in [0.05, 0.1) is 22.9 Å². The highest BCUT2D eigenvalue weighted by molar-refractivity contribution is 9.10. The minimum absolute atomic E-state index is 0.0229. The number of aromatic nitrogens is 5. The van der Waals surface area contributed by atoms with Gasteiger partial charge >= 0.3 is 6.18 Å². The van der Waals surface area contributed by atoms with Crippen molar-refractivity contribution in [3.05, 3.63) is 74.6 Å². The molecule has 0 atom stereocenters. The zero-order valence-corrected chi connectivity index (χ0v) is 18.4. The van der Waals surface area contributed by atoms with E-state index in [4.69, 9.17) is 11.6 Å². The second kappa shape index (κ2) is 8.17. The average Bonchev–Trinajstić information content (AvgIpc) is 3.27. The Kier molecular flexibility index (Phi) is 5.67. The van der Waals surface area contributed by atoms with Gasteiger partial charge in [0.15, 0.2) is 11.3 Å². The highest BCUT2D eigenvalue weighted by atomic mass is 79.9. The van der Waals surface area contributed by atoms with Crippen LogP contribution in [0.2, 0.25) is 5.02 Å². The molecule has 0 saturated heterocycles. The molecular formula is C19H12BrClF4N6O. The topological polar surface area (TPSA) is 77.1 Å². The summed E-state index contributed by atoms with van der Waals surface area (Å²) in [6.07, 6.45) is -1.85. The van der Waals surface area contributed by atoms with E-state index >= 15 is 0 Å². The number of hydrogen-bond donors (Lipinski definition) is 1. The van der Waals surface area contributed by atoms with E-state index in [1.807, 2.05) is 0 Å². The normalized spacial score (nSPS) is 11.8. The summed E-state index contributed by atoms with van der Waals surface area (Å²) in [5.41, 5.74) is -0.454. The molecule has 1 aromatic carbocycles. The first-order chi connectivity index (χ1) is 15.0. The Labute approximate surface area is 191 Å². The summed E-state index contributed by atoms with van der Waals surface area (Å²) in [6.45, 7) is 1.63. The van der Waals surface area contributed by atoms with Crippen molar-refractivity contribution in [1.82, 2.24) is 24.4 Å². The summed E-state index contributed by atoms with van der Waals surface area (Å²) < 4.78 is 55.4. The van der Waals surface area contributed by atoms with Crippen molar-refractivity contribution in [2.45, 2.75) is 19.6 Å². The molecule has 13 heteroatoms. The van der Waals surface area contributed by atoms with Gasteiger partial charge in [0.1, 0.15) is 11.5 Å². The van der Waals surface area contributed by atoms with Gasteiger partial charge in [0, 0.05) is 16.9 Å². The van der Waals surface area contributed by atoms with E-state index in [9.17, 15) is 22.4 Å². The first kappa shape index (κ1) is 22.2. The van der Waals surface area contributed by atoms with E-state index in [-0.39, 0.29) is 38.8 Å². The number of benzene rings is 1. The Morgan fingerprint density at radius 2 is 2.03 bits per heavy atom. The molecule has 3 aromatic heterocycles. The zero-order valence-electron chi connectivity index (χ0n) is 16.1. The summed E-state index contributed by atoms with van der Waals surface area (Å²) in [4.78, 5) is 16.7. The number of nitrogens with zero attached hydrogens (tertiary/aromatic N) is 5. The lowest BCUT2D eigenvalue weighted by Crippen LogP contribution is -2.15. The number of carbonyl (C=O) groups is 1. The Balaban J connectivity index is 1.59. The van der Waals surface area contributed by atoms with Crippen LogP contribution in [0.25, 0.3) is 5.65 Å². The summed E-state index contributed by atoms with van der Waals surface area (Å²) >= 11 is 9.13. The molecular weight excluding hydrogens is 520 g/mol. The number of carbonyl (C=O) groups excluding carboxylic acids is 1. The third-order valence-corrected chi connectivity index (χ3v) is 5.49. The van der Waals surface area contributed by atoms with Crippen LogP contribution in [0.4, 0.5) is 23.2 Å². The summed E-state index contributed by atoms with van der Waals surface area (Å²) in [6, 6.07) is 4.80. The Hall–Kier alpha value is -2.99. The standard InChI is InChI=1S/C19H12BrClF4N6O/c1-9-4-14(19(23,24)25)31-17(27-9)15(20)16(29-31)18(32)28-12-6-26-30(8-12)7-10-2-3-11(22)5-13(10)21/h2-6,8H,7H2,1H3,(H,28,32). The van der Waals surface area contributed by atoms with Gasteiger partial charge in [-0.2, -0.15) is 23.4 Å². The van der Waals surface area contributed by atoms with E-state index in [2.05, 4.69) is 36.4 Å². The monoisotopic (exact) mass is 530 g/mol. The van der Waals surface area contributed by atoms with Crippen LogP contribution >= 0.6 is 27.5 Å². The maximum Gasteiger partial charge on any atom is 0.433 e. The van der Waals surface area contributed by atoms with Crippen molar-refractivity contribution in [2.24, 2.45) is 0 Å². The minimum Gasteiger partial charge on any atom is -0.318 e. The highest BCUT2D eigenvalue weighted by Crippen LogP contribution is 2.32. The third-order valence-electron chi connectivity index (χ3n) is 4.40. The third kappa shape index (κ3) is 4.32. The Bertz CT molecular complexity index is 1350. The molecule has 0 unspecified atom stereocenters. The van der Waals surface area contributed by atoms with E-state index in [1.54, 1.807) is 0 Å². The van der Waals surface area contributed by atoms with E-state index in [0.29, 0.717) is 10.1 Å². The molecule has 0 aliphatic rings.